The molecule has 1 saturated heterocycles. The second-order valence-corrected chi connectivity index (χ2v) is 8.16. The number of carbonyl (C=O) groups is 1. The molecule has 2 aromatic carbocycles. The van der Waals surface area contributed by atoms with Gasteiger partial charge in [0, 0.05) is 31.4 Å². The Kier molecular flexibility index (Phi) is 5.38. The van der Waals surface area contributed by atoms with Crippen LogP contribution in [0.5, 0.6) is 0 Å². The first-order chi connectivity index (χ1) is 15.2. The third kappa shape index (κ3) is 4.16. The van der Waals surface area contributed by atoms with Crippen LogP contribution in [-0.2, 0) is 17.7 Å². The van der Waals surface area contributed by atoms with Gasteiger partial charge in [-0.05, 0) is 42.2 Å². The molecular weight excluding hydrogens is 388 g/mol. The molecule has 158 valence electrons. The van der Waals surface area contributed by atoms with Crippen molar-refractivity contribution in [3.8, 4) is 11.1 Å². The fourth-order valence-electron chi connectivity index (χ4n) is 4.12. The van der Waals surface area contributed by atoms with Gasteiger partial charge in [0.1, 0.15) is 0 Å². The zero-order valence-electron chi connectivity index (χ0n) is 17.8. The SMILES string of the molecule is Cc1ccc(-c2ccc(C(=O)N3CCc4cnc(N5CCOCC5)nc4C3)cc2)cc1. The highest BCUT2D eigenvalue weighted by Crippen LogP contribution is 2.24. The van der Waals surface area contributed by atoms with Crippen LogP contribution in [0.2, 0.25) is 0 Å². The molecule has 2 aliphatic heterocycles. The molecule has 0 aliphatic carbocycles. The first-order valence-electron chi connectivity index (χ1n) is 10.8. The molecule has 2 aliphatic rings. The van der Waals surface area contributed by atoms with Crippen LogP contribution in [0, 0.1) is 6.92 Å². The van der Waals surface area contributed by atoms with Gasteiger partial charge < -0.3 is 14.5 Å². The van der Waals surface area contributed by atoms with E-state index < -0.39 is 0 Å². The molecule has 31 heavy (non-hydrogen) atoms. The number of anilines is 1. The number of amides is 1. The highest BCUT2D eigenvalue weighted by molar-refractivity contribution is 5.94. The molecule has 1 amide bonds. The van der Waals surface area contributed by atoms with Crippen molar-refractivity contribution in [1.29, 1.82) is 0 Å². The van der Waals surface area contributed by atoms with Gasteiger partial charge in [-0.15, -0.1) is 0 Å². The molecule has 0 spiro atoms. The maximum absolute atomic E-state index is 13.1. The average Bonchev–Trinajstić information content (AvgIpc) is 2.84. The number of nitrogens with zero attached hydrogens (tertiary/aromatic N) is 4. The number of rotatable bonds is 3. The molecule has 0 unspecified atom stereocenters. The lowest BCUT2D eigenvalue weighted by molar-refractivity contribution is 0.0731. The van der Waals surface area contributed by atoms with E-state index in [-0.39, 0.29) is 5.91 Å². The number of aryl methyl sites for hydroxylation is 1. The Bertz CT molecular complexity index is 1070. The maximum atomic E-state index is 13.1. The lowest BCUT2D eigenvalue weighted by atomic mass is 10.0. The fourth-order valence-corrected chi connectivity index (χ4v) is 4.12. The van der Waals surface area contributed by atoms with Crippen LogP contribution in [0.15, 0.2) is 54.7 Å². The van der Waals surface area contributed by atoms with Gasteiger partial charge in [0.25, 0.3) is 5.91 Å². The van der Waals surface area contributed by atoms with E-state index in [1.165, 1.54) is 5.56 Å². The zero-order chi connectivity index (χ0) is 21.2. The van der Waals surface area contributed by atoms with Gasteiger partial charge in [0.05, 0.1) is 25.5 Å². The van der Waals surface area contributed by atoms with Gasteiger partial charge in [-0.2, -0.15) is 0 Å². The Hall–Kier alpha value is -3.25. The third-order valence-electron chi connectivity index (χ3n) is 6.03. The fraction of sp³-hybridized carbons (Fsp3) is 0.320. The van der Waals surface area contributed by atoms with E-state index in [0.717, 1.165) is 47.8 Å². The standard InChI is InChI=1S/C25H26N4O2/c1-18-2-4-19(5-3-18)20-6-8-21(9-7-20)24(30)29-11-10-22-16-26-25(27-23(22)17-29)28-12-14-31-15-13-28/h2-9,16H,10-15,17H2,1H3. The summed E-state index contributed by atoms with van der Waals surface area (Å²) in [5.41, 5.74) is 6.30. The Labute approximate surface area is 182 Å². The van der Waals surface area contributed by atoms with Crippen molar-refractivity contribution in [1.82, 2.24) is 14.9 Å². The minimum atomic E-state index is 0.0487. The topological polar surface area (TPSA) is 58.6 Å². The van der Waals surface area contributed by atoms with Crippen LogP contribution in [0.25, 0.3) is 11.1 Å². The van der Waals surface area contributed by atoms with E-state index >= 15 is 0 Å². The van der Waals surface area contributed by atoms with Crippen molar-refractivity contribution >= 4 is 11.9 Å². The van der Waals surface area contributed by atoms with E-state index in [4.69, 9.17) is 9.72 Å². The lowest BCUT2D eigenvalue weighted by Gasteiger charge is -2.30. The van der Waals surface area contributed by atoms with Gasteiger partial charge in [0.2, 0.25) is 5.95 Å². The molecule has 6 heteroatoms. The van der Waals surface area contributed by atoms with Crippen LogP contribution in [0.3, 0.4) is 0 Å². The molecular formula is C25H26N4O2. The number of hydrogen-bond acceptors (Lipinski definition) is 5. The maximum Gasteiger partial charge on any atom is 0.254 e. The quantitative estimate of drug-likeness (QED) is 0.657. The van der Waals surface area contributed by atoms with E-state index in [1.807, 2.05) is 35.4 Å². The molecule has 0 radical (unpaired) electrons. The number of ether oxygens (including phenoxy) is 1. The predicted octanol–water partition coefficient (Wildman–Crippen LogP) is 3.49. The van der Waals surface area contributed by atoms with Crippen LogP contribution in [0.1, 0.15) is 27.2 Å². The number of benzene rings is 2. The van der Waals surface area contributed by atoms with Crippen molar-refractivity contribution in [2.45, 2.75) is 19.9 Å². The minimum absolute atomic E-state index is 0.0487. The van der Waals surface area contributed by atoms with E-state index in [0.29, 0.717) is 31.9 Å². The first kappa shape index (κ1) is 19.7. The summed E-state index contributed by atoms with van der Waals surface area (Å²) in [6, 6.07) is 16.3. The summed E-state index contributed by atoms with van der Waals surface area (Å²) in [6.45, 7) is 6.29. The van der Waals surface area contributed by atoms with Crippen molar-refractivity contribution in [2.24, 2.45) is 0 Å². The molecule has 1 fully saturated rings. The van der Waals surface area contributed by atoms with Crippen LogP contribution in [0.4, 0.5) is 5.95 Å². The summed E-state index contributed by atoms with van der Waals surface area (Å²) >= 11 is 0. The largest absolute Gasteiger partial charge is 0.378 e. The number of aromatic nitrogens is 2. The molecule has 0 N–H and O–H groups in total. The van der Waals surface area contributed by atoms with Crippen molar-refractivity contribution in [2.75, 3.05) is 37.7 Å². The van der Waals surface area contributed by atoms with Gasteiger partial charge in [-0.25, -0.2) is 9.97 Å². The van der Waals surface area contributed by atoms with Gasteiger partial charge in [-0.3, -0.25) is 4.79 Å². The molecule has 0 bridgehead atoms. The normalized spacial score (nSPS) is 16.2. The Morgan fingerprint density at radius 1 is 0.935 bits per heavy atom. The monoisotopic (exact) mass is 414 g/mol. The third-order valence-corrected chi connectivity index (χ3v) is 6.03. The number of hydrogen-bond donors (Lipinski definition) is 0. The Balaban J connectivity index is 1.31. The highest BCUT2D eigenvalue weighted by atomic mass is 16.5. The molecule has 6 nitrogen and oxygen atoms in total. The van der Waals surface area contributed by atoms with Crippen LogP contribution < -0.4 is 4.90 Å². The summed E-state index contributed by atoms with van der Waals surface area (Å²) < 4.78 is 5.42. The van der Waals surface area contributed by atoms with Crippen molar-refractivity contribution < 1.29 is 9.53 Å². The smallest absolute Gasteiger partial charge is 0.254 e. The molecule has 3 aromatic rings. The van der Waals surface area contributed by atoms with Crippen molar-refractivity contribution in [3.63, 3.8) is 0 Å². The first-order valence-corrected chi connectivity index (χ1v) is 10.8. The van der Waals surface area contributed by atoms with Crippen molar-refractivity contribution in [3.05, 3.63) is 77.1 Å². The Morgan fingerprint density at radius 3 is 2.32 bits per heavy atom. The van der Waals surface area contributed by atoms with Gasteiger partial charge in [0.15, 0.2) is 0 Å². The predicted molar refractivity (Wildman–Crippen MR) is 120 cm³/mol. The average molecular weight is 415 g/mol. The van der Waals surface area contributed by atoms with Crippen LogP contribution in [-0.4, -0.2) is 53.6 Å². The number of carbonyl (C=O) groups excluding carboxylic acids is 1. The van der Waals surface area contributed by atoms with E-state index in [9.17, 15) is 4.79 Å². The molecule has 3 heterocycles. The number of morpholine rings is 1. The lowest BCUT2D eigenvalue weighted by Crippen LogP contribution is -2.39. The minimum Gasteiger partial charge on any atom is -0.378 e. The molecule has 0 saturated carbocycles. The van der Waals surface area contributed by atoms with Gasteiger partial charge in [-0.1, -0.05) is 42.0 Å². The van der Waals surface area contributed by atoms with Crippen LogP contribution >= 0.6 is 0 Å². The van der Waals surface area contributed by atoms with Gasteiger partial charge >= 0.3 is 0 Å². The summed E-state index contributed by atoms with van der Waals surface area (Å²) in [6.07, 6.45) is 2.71. The Morgan fingerprint density at radius 2 is 1.61 bits per heavy atom. The second-order valence-electron chi connectivity index (χ2n) is 8.16. The number of fused-ring (bicyclic) bond motifs is 1. The summed E-state index contributed by atoms with van der Waals surface area (Å²) in [5.74, 6) is 0.784. The van der Waals surface area contributed by atoms with E-state index in [2.05, 4.69) is 41.1 Å². The molecule has 1 aromatic heterocycles. The molecule has 0 atom stereocenters. The summed E-state index contributed by atoms with van der Waals surface area (Å²) in [7, 11) is 0. The van der Waals surface area contributed by atoms with E-state index in [1.54, 1.807) is 0 Å². The summed E-state index contributed by atoms with van der Waals surface area (Å²) in [4.78, 5) is 26.5. The zero-order valence-corrected chi connectivity index (χ0v) is 17.8. The molecule has 5 rings (SSSR count). The summed E-state index contributed by atoms with van der Waals surface area (Å²) in [5, 5.41) is 0. The highest BCUT2D eigenvalue weighted by Gasteiger charge is 2.24. The second kappa shape index (κ2) is 8.47.